The summed E-state index contributed by atoms with van der Waals surface area (Å²) in [5.74, 6) is 1.66. The third kappa shape index (κ3) is 4.66. The lowest BCUT2D eigenvalue weighted by molar-refractivity contribution is 0.572. The topological polar surface area (TPSA) is 65.2 Å². The third-order valence-electron chi connectivity index (χ3n) is 13.0. The van der Waals surface area contributed by atoms with Crippen molar-refractivity contribution >= 4 is 92.7 Å². The molecule has 2 atom stereocenters. The summed E-state index contributed by atoms with van der Waals surface area (Å²) in [4.78, 5) is 11.1. The van der Waals surface area contributed by atoms with Gasteiger partial charge >= 0.3 is 0 Å². The summed E-state index contributed by atoms with van der Waals surface area (Å²) < 4.78 is 20.4. The zero-order valence-electron chi connectivity index (χ0n) is 32.6. The number of fused-ring (bicyclic) bond motifs is 17. The van der Waals surface area contributed by atoms with Gasteiger partial charge in [0.2, 0.25) is 0 Å². The van der Waals surface area contributed by atoms with Gasteiger partial charge in [-0.25, -0.2) is 9.97 Å². The molecule has 0 aliphatic heterocycles. The predicted octanol–water partition coefficient (Wildman–Crippen LogP) is 15.1. The molecule has 0 saturated carbocycles. The summed E-state index contributed by atoms with van der Waals surface area (Å²) in [6, 6.07) is 52.9. The second kappa shape index (κ2) is 12.3. The van der Waals surface area contributed by atoms with Crippen LogP contribution >= 0.6 is 0 Å². The van der Waals surface area contributed by atoms with Gasteiger partial charge in [0, 0.05) is 61.0 Å². The number of hydrogen-bond acceptors (Lipinski definition) is 5. The number of furan rings is 3. The quantitative estimate of drug-likeness (QED) is 0.179. The molecule has 0 fully saturated rings. The molecule has 284 valence electrons. The van der Waals surface area contributed by atoms with Crippen LogP contribution in [0.1, 0.15) is 22.9 Å². The van der Waals surface area contributed by atoms with Gasteiger partial charge in [-0.05, 0) is 68.7 Å². The second-order valence-corrected chi connectivity index (χ2v) is 16.3. The van der Waals surface area contributed by atoms with E-state index in [-0.39, 0.29) is 11.8 Å². The minimum Gasteiger partial charge on any atom is -0.456 e. The molecule has 0 amide bonds. The molecule has 4 aromatic heterocycles. The molecule has 14 rings (SSSR count). The Bertz CT molecular complexity index is 3970. The van der Waals surface area contributed by atoms with E-state index in [2.05, 4.69) is 158 Å². The number of para-hydroxylation sites is 1. The van der Waals surface area contributed by atoms with Crippen molar-refractivity contribution in [2.24, 2.45) is 5.92 Å². The predicted molar refractivity (Wildman–Crippen MR) is 248 cm³/mol. The van der Waals surface area contributed by atoms with E-state index in [1.807, 2.05) is 24.3 Å². The molecule has 0 saturated heterocycles. The minimum atomic E-state index is 0.103. The number of nitrogens with zero attached hydrogens (tertiary/aromatic N) is 2. The van der Waals surface area contributed by atoms with Crippen LogP contribution in [-0.4, -0.2) is 9.97 Å². The summed E-state index contributed by atoms with van der Waals surface area (Å²) in [6.45, 7) is 0. The van der Waals surface area contributed by atoms with E-state index in [0.717, 1.165) is 105 Å². The van der Waals surface area contributed by atoms with Crippen LogP contribution in [0, 0.1) is 5.92 Å². The molecule has 12 aromatic rings. The Kier molecular flexibility index (Phi) is 6.61. The molecule has 4 heterocycles. The summed E-state index contributed by atoms with van der Waals surface area (Å²) in [5, 5.41) is 12.3. The average molecular weight is 781 g/mol. The van der Waals surface area contributed by atoms with Crippen LogP contribution in [0.5, 0.6) is 0 Å². The highest BCUT2D eigenvalue weighted by atomic mass is 16.3. The molecular weight excluding hydrogens is 749 g/mol. The van der Waals surface area contributed by atoms with E-state index in [4.69, 9.17) is 23.2 Å². The van der Waals surface area contributed by atoms with E-state index >= 15 is 0 Å². The molecule has 61 heavy (non-hydrogen) atoms. The number of allylic oxidation sites excluding steroid dienone is 5. The van der Waals surface area contributed by atoms with Gasteiger partial charge in [0.05, 0.1) is 11.4 Å². The lowest BCUT2D eigenvalue weighted by atomic mass is 9.75. The molecule has 2 aliphatic carbocycles. The van der Waals surface area contributed by atoms with Gasteiger partial charge in [0.15, 0.2) is 5.82 Å². The first-order valence-electron chi connectivity index (χ1n) is 20.8. The van der Waals surface area contributed by atoms with Crippen LogP contribution in [0.25, 0.3) is 115 Å². The van der Waals surface area contributed by atoms with Crippen LogP contribution in [0.2, 0.25) is 0 Å². The van der Waals surface area contributed by atoms with E-state index in [1.54, 1.807) is 0 Å². The third-order valence-corrected chi connectivity index (χ3v) is 13.0. The highest BCUT2D eigenvalue weighted by Crippen LogP contribution is 2.51. The number of aromatic nitrogens is 2. The van der Waals surface area contributed by atoms with E-state index in [1.165, 1.54) is 21.7 Å². The molecule has 5 heteroatoms. The van der Waals surface area contributed by atoms with Crippen LogP contribution in [0.3, 0.4) is 0 Å². The Morgan fingerprint density at radius 1 is 0.426 bits per heavy atom. The van der Waals surface area contributed by atoms with E-state index < -0.39 is 0 Å². The molecule has 5 nitrogen and oxygen atoms in total. The Morgan fingerprint density at radius 3 is 1.89 bits per heavy atom. The molecule has 0 spiro atoms. The van der Waals surface area contributed by atoms with Gasteiger partial charge in [0.1, 0.15) is 33.7 Å². The highest BCUT2D eigenvalue weighted by Gasteiger charge is 2.35. The first-order chi connectivity index (χ1) is 30.2. The second-order valence-electron chi connectivity index (χ2n) is 16.3. The smallest absolute Gasteiger partial charge is 0.161 e. The van der Waals surface area contributed by atoms with E-state index in [0.29, 0.717) is 5.82 Å². The molecular formula is C56H32N2O3. The number of benzene rings is 8. The minimum absolute atomic E-state index is 0.103. The van der Waals surface area contributed by atoms with Crippen LogP contribution in [0.4, 0.5) is 0 Å². The summed E-state index contributed by atoms with van der Waals surface area (Å²) in [7, 11) is 0. The van der Waals surface area contributed by atoms with Crippen molar-refractivity contribution in [1.82, 2.24) is 9.97 Å². The van der Waals surface area contributed by atoms with Crippen molar-refractivity contribution in [1.29, 1.82) is 0 Å². The van der Waals surface area contributed by atoms with E-state index in [9.17, 15) is 0 Å². The largest absolute Gasteiger partial charge is 0.456 e. The SMILES string of the molecule is C1=CC2C=C(c3cc(-c4cc5ccccc5c5c4oc4ccc6ccccc6c45)nc(-c4cccc5oc6ccccc6c45)n3)c3oc4ccc5ccccc5c4c3C2C=C1. The van der Waals surface area contributed by atoms with Crippen LogP contribution in [0.15, 0.2) is 195 Å². The van der Waals surface area contributed by atoms with Crippen molar-refractivity contribution in [2.75, 3.05) is 0 Å². The first-order valence-corrected chi connectivity index (χ1v) is 20.8. The molecule has 2 aliphatic rings. The zero-order valence-corrected chi connectivity index (χ0v) is 32.6. The molecule has 0 bridgehead atoms. The van der Waals surface area contributed by atoms with Gasteiger partial charge in [-0.3, -0.25) is 0 Å². The monoisotopic (exact) mass is 780 g/mol. The fourth-order valence-electron chi connectivity index (χ4n) is 10.3. The lowest BCUT2D eigenvalue weighted by Gasteiger charge is -2.28. The van der Waals surface area contributed by atoms with Gasteiger partial charge in [0.25, 0.3) is 0 Å². The van der Waals surface area contributed by atoms with Crippen molar-refractivity contribution in [3.8, 4) is 22.6 Å². The number of hydrogen-bond donors (Lipinski definition) is 0. The first kappa shape index (κ1) is 32.9. The van der Waals surface area contributed by atoms with Crippen LogP contribution in [-0.2, 0) is 0 Å². The van der Waals surface area contributed by atoms with Crippen molar-refractivity contribution in [2.45, 2.75) is 5.92 Å². The summed E-state index contributed by atoms with van der Waals surface area (Å²) in [5.41, 5.74) is 9.57. The molecule has 0 N–H and O–H groups in total. The Hall–Kier alpha value is -8.02. The number of rotatable bonds is 3. The zero-order chi connectivity index (χ0) is 39.8. The van der Waals surface area contributed by atoms with Gasteiger partial charge in [-0.2, -0.15) is 0 Å². The maximum Gasteiger partial charge on any atom is 0.161 e. The highest BCUT2D eigenvalue weighted by molar-refractivity contribution is 6.28. The fraction of sp³-hybridized carbons (Fsp3) is 0.0357. The Labute approximate surface area is 348 Å². The standard InChI is InChI=1S/C56H32N2O3/c1-5-16-35-31(12-1)24-26-47-50(35)52-37-18-7-3-14-33(37)28-41(54(52)60-47)43-30-44(58-56(57-43)40-21-11-23-46-49(40)39-20-9-10-22-45(39)59-46)42-29-34-15-4-8-19-38(34)53-51-36-17-6-2-13-32(36)25-27-48(51)61-55(42)53/h1-30,33,37H. The Morgan fingerprint density at radius 2 is 1.07 bits per heavy atom. The van der Waals surface area contributed by atoms with Gasteiger partial charge in [-0.15, -0.1) is 0 Å². The maximum absolute atomic E-state index is 7.01. The molecule has 2 unspecified atom stereocenters. The lowest BCUT2D eigenvalue weighted by Crippen LogP contribution is -2.16. The van der Waals surface area contributed by atoms with Gasteiger partial charge < -0.3 is 13.3 Å². The summed E-state index contributed by atoms with van der Waals surface area (Å²) >= 11 is 0. The fourth-order valence-corrected chi connectivity index (χ4v) is 10.3. The summed E-state index contributed by atoms with van der Waals surface area (Å²) in [6.07, 6.45) is 11.3. The van der Waals surface area contributed by atoms with Gasteiger partial charge in [-0.1, -0.05) is 146 Å². The molecule has 0 radical (unpaired) electrons. The normalized spacial score (nSPS) is 16.2. The maximum atomic E-state index is 7.01. The molecule has 8 aromatic carbocycles. The Balaban J connectivity index is 1.10. The average Bonchev–Trinajstić information content (AvgIpc) is 4.03. The van der Waals surface area contributed by atoms with Crippen molar-refractivity contribution in [3.63, 3.8) is 0 Å². The van der Waals surface area contributed by atoms with Crippen molar-refractivity contribution < 1.29 is 13.3 Å². The van der Waals surface area contributed by atoms with Crippen LogP contribution < -0.4 is 0 Å². The van der Waals surface area contributed by atoms with Crippen molar-refractivity contribution in [3.05, 3.63) is 199 Å².